The molecule has 1 aromatic heterocycles. The Kier molecular flexibility index (Phi) is 4.41. The Labute approximate surface area is 114 Å². The molecule has 0 spiro atoms. The van der Waals surface area contributed by atoms with Gasteiger partial charge in [-0.15, -0.1) is 0 Å². The lowest BCUT2D eigenvalue weighted by atomic mass is 10.2. The van der Waals surface area contributed by atoms with Crippen molar-refractivity contribution in [1.29, 1.82) is 0 Å². The van der Waals surface area contributed by atoms with E-state index in [-0.39, 0.29) is 24.5 Å². The highest BCUT2D eigenvalue weighted by Crippen LogP contribution is 2.14. The van der Waals surface area contributed by atoms with Crippen LogP contribution in [-0.2, 0) is 17.9 Å². The standard InChI is InChI=1S/C13H14F2N4O/c1-20-7-13-18-11(16)5-12(19-13)17-6-8-4-9(14)2-3-10(8)15/h2-5H,6-7H2,1H3,(H3,16,17,18,19). The van der Waals surface area contributed by atoms with Gasteiger partial charge in [-0.2, -0.15) is 0 Å². The maximum absolute atomic E-state index is 13.5. The number of nitrogens with zero attached hydrogens (tertiary/aromatic N) is 2. The van der Waals surface area contributed by atoms with Crippen LogP contribution in [0.3, 0.4) is 0 Å². The van der Waals surface area contributed by atoms with Crippen LogP contribution < -0.4 is 11.1 Å². The summed E-state index contributed by atoms with van der Waals surface area (Å²) >= 11 is 0. The third-order valence-corrected chi connectivity index (χ3v) is 2.53. The summed E-state index contributed by atoms with van der Waals surface area (Å²) in [5, 5.41) is 2.88. The van der Waals surface area contributed by atoms with Crippen molar-refractivity contribution < 1.29 is 13.5 Å². The molecule has 7 heteroatoms. The van der Waals surface area contributed by atoms with E-state index in [0.29, 0.717) is 11.6 Å². The highest BCUT2D eigenvalue weighted by Gasteiger charge is 2.06. The van der Waals surface area contributed by atoms with Crippen molar-refractivity contribution in [2.24, 2.45) is 0 Å². The van der Waals surface area contributed by atoms with Gasteiger partial charge < -0.3 is 15.8 Å². The van der Waals surface area contributed by atoms with Gasteiger partial charge in [0.25, 0.3) is 0 Å². The fourth-order valence-corrected chi connectivity index (χ4v) is 1.67. The Morgan fingerprint density at radius 3 is 2.80 bits per heavy atom. The number of anilines is 2. The van der Waals surface area contributed by atoms with Crippen LogP contribution in [0.4, 0.5) is 20.4 Å². The van der Waals surface area contributed by atoms with E-state index in [1.54, 1.807) is 0 Å². The van der Waals surface area contributed by atoms with Crippen LogP contribution in [0.1, 0.15) is 11.4 Å². The minimum Gasteiger partial charge on any atom is -0.384 e. The predicted octanol–water partition coefficient (Wildman–Crippen LogP) is 2.10. The molecule has 0 atom stereocenters. The summed E-state index contributed by atoms with van der Waals surface area (Å²) in [7, 11) is 1.52. The molecule has 3 N–H and O–H groups in total. The fraction of sp³-hybridized carbons (Fsp3) is 0.231. The molecule has 106 valence electrons. The number of ether oxygens (including phenoxy) is 1. The average molecular weight is 280 g/mol. The van der Waals surface area contributed by atoms with Gasteiger partial charge in [0, 0.05) is 25.3 Å². The first kappa shape index (κ1) is 14.1. The van der Waals surface area contributed by atoms with Gasteiger partial charge in [-0.05, 0) is 18.2 Å². The molecule has 20 heavy (non-hydrogen) atoms. The first-order valence-electron chi connectivity index (χ1n) is 5.88. The quantitative estimate of drug-likeness (QED) is 0.877. The number of methoxy groups -OCH3 is 1. The van der Waals surface area contributed by atoms with E-state index in [1.165, 1.54) is 13.2 Å². The van der Waals surface area contributed by atoms with E-state index in [1.807, 2.05) is 0 Å². The molecular weight excluding hydrogens is 266 g/mol. The van der Waals surface area contributed by atoms with Crippen molar-refractivity contribution in [1.82, 2.24) is 9.97 Å². The largest absolute Gasteiger partial charge is 0.384 e. The number of halogens is 2. The topological polar surface area (TPSA) is 73.1 Å². The molecule has 1 heterocycles. The van der Waals surface area contributed by atoms with Gasteiger partial charge in [-0.1, -0.05) is 0 Å². The van der Waals surface area contributed by atoms with E-state index in [9.17, 15) is 8.78 Å². The Bertz CT molecular complexity index is 607. The van der Waals surface area contributed by atoms with Crippen molar-refractivity contribution >= 4 is 11.6 Å². The summed E-state index contributed by atoms with van der Waals surface area (Å²) in [6.07, 6.45) is 0. The number of aromatic nitrogens is 2. The zero-order chi connectivity index (χ0) is 14.5. The Morgan fingerprint density at radius 1 is 1.25 bits per heavy atom. The molecule has 0 aliphatic carbocycles. The number of benzene rings is 1. The molecule has 1 aromatic carbocycles. The second-order valence-electron chi connectivity index (χ2n) is 4.12. The van der Waals surface area contributed by atoms with Crippen LogP contribution >= 0.6 is 0 Å². The number of nitrogens with one attached hydrogen (secondary N) is 1. The molecule has 0 aliphatic heterocycles. The number of nitrogen functional groups attached to an aromatic ring is 1. The third-order valence-electron chi connectivity index (χ3n) is 2.53. The van der Waals surface area contributed by atoms with E-state index >= 15 is 0 Å². The lowest BCUT2D eigenvalue weighted by molar-refractivity contribution is 0.178. The van der Waals surface area contributed by atoms with Crippen molar-refractivity contribution in [2.45, 2.75) is 13.2 Å². The van der Waals surface area contributed by atoms with Crippen LogP contribution in [0.5, 0.6) is 0 Å². The summed E-state index contributed by atoms with van der Waals surface area (Å²) in [6.45, 7) is 0.306. The molecule has 0 amide bonds. The zero-order valence-corrected chi connectivity index (χ0v) is 10.9. The molecule has 0 unspecified atom stereocenters. The lowest BCUT2D eigenvalue weighted by Crippen LogP contribution is -2.08. The summed E-state index contributed by atoms with van der Waals surface area (Å²) < 4.78 is 31.4. The van der Waals surface area contributed by atoms with Gasteiger partial charge in [0.05, 0.1) is 0 Å². The summed E-state index contributed by atoms with van der Waals surface area (Å²) in [5.41, 5.74) is 5.84. The molecule has 5 nitrogen and oxygen atoms in total. The third kappa shape index (κ3) is 3.61. The first-order chi connectivity index (χ1) is 9.58. The van der Waals surface area contributed by atoms with E-state index in [4.69, 9.17) is 10.5 Å². The maximum Gasteiger partial charge on any atom is 0.158 e. The SMILES string of the molecule is COCc1nc(N)cc(NCc2cc(F)ccc2F)n1. The number of nitrogens with two attached hydrogens (primary N) is 1. The Morgan fingerprint density at radius 2 is 2.05 bits per heavy atom. The van der Waals surface area contributed by atoms with Crippen LogP contribution in [0.2, 0.25) is 0 Å². The molecule has 0 aliphatic rings. The second kappa shape index (κ2) is 6.25. The molecule has 2 aromatic rings. The van der Waals surface area contributed by atoms with E-state index in [0.717, 1.165) is 18.2 Å². The normalized spacial score (nSPS) is 10.6. The van der Waals surface area contributed by atoms with Gasteiger partial charge in [0.2, 0.25) is 0 Å². The highest BCUT2D eigenvalue weighted by atomic mass is 19.1. The summed E-state index contributed by atoms with van der Waals surface area (Å²) in [6, 6.07) is 4.79. The lowest BCUT2D eigenvalue weighted by Gasteiger charge is -2.09. The van der Waals surface area contributed by atoms with E-state index < -0.39 is 11.6 Å². The molecule has 0 saturated carbocycles. The molecule has 0 radical (unpaired) electrons. The van der Waals surface area contributed by atoms with Gasteiger partial charge in [0.1, 0.15) is 29.9 Å². The van der Waals surface area contributed by atoms with Gasteiger partial charge in [0.15, 0.2) is 5.82 Å². The van der Waals surface area contributed by atoms with Crippen molar-refractivity contribution in [3.63, 3.8) is 0 Å². The number of hydrogen-bond acceptors (Lipinski definition) is 5. The average Bonchev–Trinajstić information content (AvgIpc) is 2.40. The molecule has 2 rings (SSSR count). The highest BCUT2D eigenvalue weighted by molar-refractivity contribution is 5.45. The minimum atomic E-state index is -0.495. The molecule has 0 saturated heterocycles. The van der Waals surface area contributed by atoms with Crippen LogP contribution in [0.15, 0.2) is 24.3 Å². The van der Waals surface area contributed by atoms with E-state index in [2.05, 4.69) is 15.3 Å². The number of rotatable bonds is 5. The summed E-state index contributed by atoms with van der Waals surface area (Å²) in [4.78, 5) is 8.12. The van der Waals surface area contributed by atoms with Crippen LogP contribution in [0.25, 0.3) is 0 Å². The molecule has 0 fully saturated rings. The maximum atomic E-state index is 13.5. The summed E-state index contributed by atoms with van der Waals surface area (Å²) in [5.74, 6) is 0.126. The first-order valence-corrected chi connectivity index (χ1v) is 5.88. The minimum absolute atomic E-state index is 0.0898. The zero-order valence-electron chi connectivity index (χ0n) is 10.9. The molecular formula is C13H14F2N4O. The van der Waals surface area contributed by atoms with Gasteiger partial charge in [-0.25, -0.2) is 18.7 Å². The van der Waals surface area contributed by atoms with Crippen molar-refractivity contribution in [3.05, 3.63) is 47.3 Å². The Hall–Kier alpha value is -2.28. The van der Waals surface area contributed by atoms with Gasteiger partial charge in [-0.3, -0.25) is 0 Å². The molecule has 0 bridgehead atoms. The van der Waals surface area contributed by atoms with Crippen molar-refractivity contribution in [2.75, 3.05) is 18.2 Å². The van der Waals surface area contributed by atoms with Crippen molar-refractivity contribution in [3.8, 4) is 0 Å². The smallest absolute Gasteiger partial charge is 0.158 e. The van der Waals surface area contributed by atoms with Crippen LogP contribution in [0, 0.1) is 11.6 Å². The monoisotopic (exact) mass is 280 g/mol. The fourth-order valence-electron chi connectivity index (χ4n) is 1.67. The predicted molar refractivity (Wildman–Crippen MR) is 70.8 cm³/mol. The van der Waals surface area contributed by atoms with Crippen LogP contribution in [-0.4, -0.2) is 17.1 Å². The number of hydrogen-bond donors (Lipinski definition) is 2. The second-order valence-corrected chi connectivity index (χ2v) is 4.12. The van der Waals surface area contributed by atoms with Gasteiger partial charge >= 0.3 is 0 Å². The Balaban J connectivity index is 2.12.